The molecule has 2 aromatic rings. The minimum absolute atomic E-state index is 0.0979. The van der Waals surface area contributed by atoms with Crippen LogP contribution in [-0.4, -0.2) is 29.8 Å². The molecule has 2 N–H and O–H groups in total. The summed E-state index contributed by atoms with van der Waals surface area (Å²) in [5.41, 5.74) is 2.49. The monoisotopic (exact) mass is 345 g/mol. The van der Waals surface area contributed by atoms with Crippen LogP contribution in [0.15, 0.2) is 48.5 Å². The molecule has 1 saturated heterocycles. The van der Waals surface area contributed by atoms with Crippen molar-refractivity contribution in [1.29, 1.82) is 0 Å². The number of benzene rings is 2. The van der Waals surface area contributed by atoms with Crippen molar-refractivity contribution in [1.82, 2.24) is 5.32 Å². The number of halogens is 1. The van der Waals surface area contributed by atoms with Gasteiger partial charge in [0, 0.05) is 23.7 Å². The second-order valence-corrected chi connectivity index (χ2v) is 6.68. The van der Waals surface area contributed by atoms with Crippen LogP contribution in [0.1, 0.15) is 27.9 Å². The first-order chi connectivity index (χ1) is 11.6. The summed E-state index contributed by atoms with van der Waals surface area (Å²) >= 11 is 5.96. The van der Waals surface area contributed by atoms with Crippen LogP contribution >= 0.6 is 11.6 Å². The van der Waals surface area contributed by atoms with Gasteiger partial charge in [-0.15, -0.1) is 0 Å². The van der Waals surface area contributed by atoms with Crippen LogP contribution in [0.3, 0.4) is 0 Å². The van der Waals surface area contributed by atoms with E-state index in [-0.39, 0.29) is 5.54 Å². The summed E-state index contributed by atoms with van der Waals surface area (Å²) in [6.45, 7) is 2.10. The van der Waals surface area contributed by atoms with Gasteiger partial charge in [0.05, 0.1) is 12.2 Å². The molecule has 1 aliphatic rings. The maximum atomic E-state index is 10.9. The van der Waals surface area contributed by atoms with E-state index in [9.17, 15) is 4.79 Å². The Balaban J connectivity index is 1.67. The molecule has 1 fully saturated rings. The smallest absolute Gasteiger partial charge is 0.335 e. The summed E-state index contributed by atoms with van der Waals surface area (Å²) in [6, 6.07) is 14.9. The first-order valence-electron chi connectivity index (χ1n) is 7.96. The molecule has 1 heterocycles. The Bertz CT molecular complexity index is 692. The number of aromatic carboxylic acids is 1. The van der Waals surface area contributed by atoms with Crippen LogP contribution in [0.4, 0.5) is 0 Å². The van der Waals surface area contributed by atoms with Gasteiger partial charge in [-0.25, -0.2) is 4.79 Å². The van der Waals surface area contributed by atoms with Gasteiger partial charge in [-0.05, 0) is 48.2 Å². The topological polar surface area (TPSA) is 58.6 Å². The van der Waals surface area contributed by atoms with Gasteiger partial charge in [0.25, 0.3) is 0 Å². The second-order valence-electron chi connectivity index (χ2n) is 6.24. The van der Waals surface area contributed by atoms with E-state index in [1.807, 2.05) is 36.4 Å². The highest BCUT2D eigenvalue weighted by molar-refractivity contribution is 6.30. The number of carbonyl (C=O) groups is 1. The quantitative estimate of drug-likeness (QED) is 0.841. The molecule has 5 heteroatoms. The van der Waals surface area contributed by atoms with Crippen LogP contribution in [0.2, 0.25) is 5.02 Å². The fraction of sp³-hybridized carbons (Fsp3) is 0.316. The molecule has 3 rings (SSSR count). The third kappa shape index (κ3) is 4.15. The maximum absolute atomic E-state index is 10.9. The third-order valence-electron chi connectivity index (χ3n) is 4.43. The van der Waals surface area contributed by atoms with E-state index in [4.69, 9.17) is 21.4 Å². The maximum Gasteiger partial charge on any atom is 0.335 e. The summed E-state index contributed by atoms with van der Waals surface area (Å²) in [7, 11) is 0. The van der Waals surface area contributed by atoms with E-state index in [0.717, 1.165) is 30.0 Å². The molecule has 126 valence electrons. The summed E-state index contributed by atoms with van der Waals surface area (Å²) in [5, 5.41) is 13.3. The average Bonchev–Trinajstić information content (AvgIpc) is 3.04. The summed E-state index contributed by atoms with van der Waals surface area (Å²) in [5.74, 6) is -0.905. The molecule has 0 saturated carbocycles. The molecule has 0 aromatic heterocycles. The zero-order chi connectivity index (χ0) is 17.0. The predicted octanol–water partition coefficient (Wildman–Crippen LogP) is 3.53. The molecular weight excluding hydrogens is 326 g/mol. The first kappa shape index (κ1) is 17.0. The summed E-state index contributed by atoms with van der Waals surface area (Å²) in [6.07, 6.45) is 1.82. The van der Waals surface area contributed by atoms with Gasteiger partial charge in [-0.2, -0.15) is 0 Å². The van der Waals surface area contributed by atoms with Crippen LogP contribution < -0.4 is 5.32 Å². The van der Waals surface area contributed by atoms with Crippen molar-refractivity contribution >= 4 is 17.6 Å². The lowest BCUT2D eigenvalue weighted by molar-refractivity contribution is 0.0697. The Hall–Kier alpha value is -1.88. The van der Waals surface area contributed by atoms with Gasteiger partial charge >= 0.3 is 5.97 Å². The fourth-order valence-electron chi connectivity index (χ4n) is 3.00. The molecule has 1 unspecified atom stereocenters. The second kappa shape index (κ2) is 7.34. The SMILES string of the molecule is O=C(O)c1ccc(CNC2(Cc3ccc(Cl)cc3)CCOC2)cc1. The Morgan fingerprint density at radius 2 is 1.79 bits per heavy atom. The minimum atomic E-state index is -0.905. The minimum Gasteiger partial charge on any atom is -0.478 e. The normalized spacial score (nSPS) is 20.2. The molecule has 0 spiro atoms. The van der Waals surface area contributed by atoms with E-state index < -0.39 is 5.97 Å². The van der Waals surface area contributed by atoms with Crippen molar-refractivity contribution in [2.24, 2.45) is 0 Å². The van der Waals surface area contributed by atoms with Crippen LogP contribution in [0.5, 0.6) is 0 Å². The molecule has 2 aromatic carbocycles. The number of carboxylic acids is 1. The highest BCUT2D eigenvalue weighted by Gasteiger charge is 2.34. The molecule has 0 bridgehead atoms. The number of rotatable bonds is 6. The summed E-state index contributed by atoms with van der Waals surface area (Å²) < 4.78 is 5.63. The van der Waals surface area contributed by atoms with Gasteiger partial charge in [-0.1, -0.05) is 35.9 Å². The first-order valence-corrected chi connectivity index (χ1v) is 8.34. The highest BCUT2D eigenvalue weighted by atomic mass is 35.5. The van der Waals surface area contributed by atoms with Gasteiger partial charge in [0.15, 0.2) is 0 Å². The predicted molar refractivity (Wildman–Crippen MR) is 93.6 cm³/mol. The third-order valence-corrected chi connectivity index (χ3v) is 4.68. The Kier molecular flexibility index (Phi) is 5.19. The van der Waals surface area contributed by atoms with Crippen molar-refractivity contribution < 1.29 is 14.6 Å². The van der Waals surface area contributed by atoms with Crippen molar-refractivity contribution in [3.63, 3.8) is 0 Å². The van der Waals surface area contributed by atoms with E-state index in [1.165, 1.54) is 5.56 Å². The van der Waals surface area contributed by atoms with Crippen molar-refractivity contribution in [3.8, 4) is 0 Å². The molecule has 1 atom stereocenters. The molecule has 0 amide bonds. The van der Waals surface area contributed by atoms with E-state index in [1.54, 1.807) is 12.1 Å². The number of carboxylic acid groups (broad SMARTS) is 1. The fourth-order valence-corrected chi connectivity index (χ4v) is 3.12. The molecule has 4 nitrogen and oxygen atoms in total. The van der Waals surface area contributed by atoms with Crippen LogP contribution in [-0.2, 0) is 17.7 Å². The number of hydrogen-bond acceptors (Lipinski definition) is 3. The lowest BCUT2D eigenvalue weighted by atomic mass is 9.89. The Labute approximate surface area is 146 Å². The van der Waals surface area contributed by atoms with Gasteiger partial charge in [0.2, 0.25) is 0 Å². The molecule has 0 radical (unpaired) electrons. The van der Waals surface area contributed by atoms with Crippen molar-refractivity contribution in [2.45, 2.75) is 24.9 Å². The van der Waals surface area contributed by atoms with Crippen LogP contribution in [0.25, 0.3) is 0 Å². The molecule has 0 aliphatic carbocycles. The lowest BCUT2D eigenvalue weighted by Crippen LogP contribution is -2.47. The van der Waals surface area contributed by atoms with Crippen LogP contribution in [0, 0.1) is 0 Å². The lowest BCUT2D eigenvalue weighted by Gasteiger charge is -2.29. The highest BCUT2D eigenvalue weighted by Crippen LogP contribution is 2.25. The number of hydrogen-bond donors (Lipinski definition) is 2. The van der Waals surface area contributed by atoms with E-state index in [2.05, 4.69) is 5.32 Å². The zero-order valence-corrected chi connectivity index (χ0v) is 14.1. The molecular formula is C19H20ClNO3. The van der Waals surface area contributed by atoms with E-state index >= 15 is 0 Å². The van der Waals surface area contributed by atoms with Crippen molar-refractivity contribution in [3.05, 3.63) is 70.2 Å². The number of nitrogens with one attached hydrogen (secondary N) is 1. The number of ether oxygens (including phenoxy) is 1. The molecule has 24 heavy (non-hydrogen) atoms. The van der Waals surface area contributed by atoms with E-state index in [0.29, 0.717) is 18.7 Å². The standard InChI is InChI=1S/C19H20ClNO3/c20-17-7-3-14(4-8-17)11-19(9-10-24-13-19)21-12-15-1-5-16(6-2-15)18(22)23/h1-8,21H,9-13H2,(H,22,23). The van der Waals surface area contributed by atoms with Gasteiger partial charge in [0.1, 0.15) is 0 Å². The Morgan fingerprint density at radius 3 is 2.38 bits per heavy atom. The average molecular weight is 346 g/mol. The Morgan fingerprint density at radius 1 is 1.12 bits per heavy atom. The largest absolute Gasteiger partial charge is 0.478 e. The zero-order valence-electron chi connectivity index (χ0n) is 13.3. The summed E-state index contributed by atoms with van der Waals surface area (Å²) in [4.78, 5) is 10.9. The van der Waals surface area contributed by atoms with Gasteiger partial charge in [-0.3, -0.25) is 0 Å². The van der Waals surface area contributed by atoms with Gasteiger partial charge < -0.3 is 15.2 Å². The molecule has 1 aliphatic heterocycles. The van der Waals surface area contributed by atoms with Crippen molar-refractivity contribution in [2.75, 3.05) is 13.2 Å².